The molecule has 1 aliphatic carbocycles. The Bertz CT molecular complexity index is 1540. The SMILES string of the molecule is Cc1ccc(-c2cccnc2[C@H](Cc2cc(F)cc(F)c2)NC(=O)Cn2cc(C3CC3)c(C(F)(F)F)n2)cc1C. The summed E-state index contributed by atoms with van der Waals surface area (Å²) < 4.78 is 69.6. The van der Waals surface area contributed by atoms with Crippen molar-refractivity contribution in [1.82, 2.24) is 20.1 Å². The van der Waals surface area contributed by atoms with Crippen LogP contribution in [-0.4, -0.2) is 20.7 Å². The van der Waals surface area contributed by atoms with E-state index in [9.17, 15) is 26.7 Å². The second kappa shape index (κ2) is 10.8. The highest BCUT2D eigenvalue weighted by atomic mass is 19.4. The number of carbonyl (C=O) groups is 1. The Kier molecular flexibility index (Phi) is 7.44. The molecule has 1 atom stereocenters. The second-order valence-electron chi connectivity index (χ2n) is 10.2. The first-order valence-corrected chi connectivity index (χ1v) is 12.9. The van der Waals surface area contributed by atoms with Crippen LogP contribution in [0.15, 0.2) is 60.9 Å². The van der Waals surface area contributed by atoms with E-state index in [0.717, 1.165) is 27.4 Å². The number of amides is 1. The summed E-state index contributed by atoms with van der Waals surface area (Å²) in [6.07, 6.45) is -0.509. The number of halogens is 5. The van der Waals surface area contributed by atoms with Crippen LogP contribution in [0.5, 0.6) is 0 Å². The van der Waals surface area contributed by atoms with Crippen LogP contribution in [0.1, 0.15) is 58.4 Å². The van der Waals surface area contributed by atoms with E-state index in [1.807, 2.05) is 38.1 Å². The Morgan fingerprint density at radius 2 is 1.77 bits per heavy atom. The summed E-state index contributed by atoms with van der Waals surface area (Å²) in [5.74, 6) is -2.35. The van der Waals surface area contributed by atoms with E-state index in [-0.39, 0.29) is 23.5 Å². The summed E-state index contributed by atoms with van der Waals surface area (Å²) in [4.78, 5) is 17.7. The Morgan fingerprint density at radius 1 is 1.05 bits per heavy atom. The quantitative estimate of drug-likeness (QED) is 0.243. The molecule has 0 aliphatic heterocycles. The maximum atomic E-state index is 14.0. The topological polar surface area (TPSA) is 59.8 Å². The number of rotatable bonds is 8. The fraction of sp³-hybridized carbons (Fsp3) is 0.300. The van der Waals surface area contributed by atoms with E-state index in [1.165, 1.54) is 18.3 Å². The lowest BCUT2D eigenvalue weighted by Gasteiger charge is -2.22. The number of aromatic nitrogens is 3. The summed E-state index contributed by atoms with van der Waals surface area (Å²) in [5.41, 5.74) is 3.55. The molecule has 2 heterocycles. The van der Waals surface area contributed by atoms with Crippen LogP contribution < -0.4 is 5.32 Å². The summed E-state index contributed by atoms with van der Waals surface area (Å²) in [6, 6.07) is 11.7. The lowest BCUT2D eigenvalue weighted by molar-refractivity contribution is -0.142. The van der Waals surface area contributed by atoms with E-state index < -0.39 is 42.0 Å². The van der Waals surface area contributed by atoms with Gasteiger partial charge >= 0.3 is 6.18 Å². The normalized spacial score (nSPS) is 14.3. The Morgan fingerprint density at radius 3 is 2.42 bits per heavy atom. The van der Waals surface area contributed by atoms with Crippen LogP contribution >= 0.6 is 0 Å². The molecule has 5 rings (SSSR count). The molecule has 0 bridgehead atoms. The number of alkyl halides is 3. The molecule has 0 spiro atoms. The maximum absolute atomic E-state index is 14.0. The van der Waals surface area contributed by atoms with Crippen molar-refractivity contribution >= 4 is 5.91 Å². The highest BCUT2D eigenvalue weighted by Crippen LogP contribution is 2.45. The number of aryl methyl sites for hydroxylation is 2. The molecule has 0 radical (unpaired) electrons. The lowest BCUT2D eigenvalue weighted by Crippen LogP contribution is -2.34. The molecule has 10 heteroatoms. The zero-order chi connectivity index (χ0) is 28.6. The molecule has 2 aromatic heterocycles. The summed E-state index contributed by atoms with van der Waals surface area (Å²) in [6.45, 7) is 3.49. The number of pyridine rings is 1. The molecular weight excluding hydrogens is 527 g/mol. The van der Waals surface area contributed by atoms with Gasteiger partial charge in [-0.1, -0.05) is 24.3 Å². The largest absolute Gasteiger partial charge is 0.435 e. The molecule has 2 aromatic carbocycles. The maximum Gasteiger partial charge on any atom is 0.435 e. The second-order valence-corrected chi connectivity index (χ2v) is 10.2. The van der Waals surface area contributed by atoms with Gasteiger partial charge in [-0.25, -0.2) is 8.78 Å². The first-order chi connectivity index (χ1) is 19.0. The van der Waals surface area contributed by atoms with Gasteiger partial charge in [0.1, 0.15) is 18.2 Å². The molecule has 1 aliphatic rings. The van der Waals surface area contributed by atoms with Gasteiger partial charge in [-0.05, 0) is 79.5 Å². The van der Waals surface area contributed by atoms with Crippen molar-refractivity contribution in [3.8, 4) is 11.1 Å². The predicted octanol–water partition coefficient (Wildman–Crippen LogP) is 6.84. The van der Waals surface area contributed by atoms with Crippen molar-refractivity contribution in [3.05, 3.63) is 106 Å². The van der Waals surface area contributed by atoms with Crippen molar-refractivity contribution in [2.75, 3.05) is 0 Å². The molecule has 5 nitrogen and oxygen atoms in total. The highest BCUT2D eigenvalue weighted by Gasteiger charge is 2.41. The highest BCUT2D eigenvalue weighted by molar-refractivity contribution is 5.77. The Balaban J connectivity index is 1.48. The average molecular weight is 555 g/mol. The van der Waals surface area contributed by atoms with Crippen LogP contribution in [0, 0.1) is 25.5 Å². The zero-order valence-electron chi connectivity index (χ0n) is 21.9. The molecule has 1 saturated carbocycles. The number of hydrogen-bond donors (Lipinski definition) is 1. The average Bonchev–Trinajstić information content (AvgIpc) is 3.63. The van der Waals surface area contributed by atoms with Crippen molar-refractivity contribution in [2.24, 2.45) is 0 Å². The number of carbonyl (C=O) groups excluding carboxylic acids is 1. The fourth-order valence-electron chi connectivity index (χ4n) is 4.85. The Hall–Kier alpha value is -4.08. The monoisotopic (exact) mass is 554 g/mol. The van der Waals surface area contributed by atoms with Crippen molar-refractivity contribution < 1.29 is 26.7 Å². The van der Waals surface area contributed by atoms with E-state index >= 15 is 0 Å². The van der Waals surface area contributed by atoms with Gasteiger partial charge in [0.2, 0.25) is 5.91 Å². The number of hydrogen-bond acceptors (Lipinski definition) is 3. The molecule has 4 aromatic rings. The summed E-state index contributed by atoms with van der Waals surface area (Å²) in [5, 5.41) is 6.50. The summed E-state index contributed by atoms with van der Waals surface area (Å²) in [7, 11) is 0. The van der Waals surface area contributed by atoms with E-state index in [0.29, 0.717) is 24.1 Å². The minimum Gasteiger partial charge on any atom is -0.346 e. The Labute approximate surface area is 228 Å². The first kappa shape index (κ1) is 27.5. The molecule has 40 heavy (non-hydrogen) atoms. The van der Waals surface area contributed by atoms with Gasteiger partial charge in [-0.2, -0.15) is 18.3 Å². The van der Waals surface area contributed by atoms with Gasteiger partial charge < -0.3 is 5.32 Å². The van der Waals surface area contributed by atoms with Gasteiger partial charge in [0.15, 0.2) is 5.69 Å². The fourth-order valence-corrected chi connectivity index (χ4v) is 4.85. The summed E-state index contributed by atoms with van der Waals surface area (Å²) >= 11 is 0. The minimum atomic E-state index is -4.63. The number of nitrogens with one attached hydrogen (secondary N) is 1. The molecule has 0 saturated heterocycles. The van der Waals surface area contributed by atoms with Crippen LogP contribution in [0.4, 0.5) is 22.0 Å². The molecule has 1 amide bonds. The lowest BCUT2D eigenvalue weighted by atomic mass is 9.94. The first-order valence-electron chi connectivity index (χ1n) is 12.9. The van der Waals surface area contributed by atoms with Crippen LogP contribution in [-0.2, 0) is 23.9 Å². The van der Waals surface area contributed by atoms with Gasteiger partial charge in [-0.15, -0.1) is 0 Å². The van der Waals surface area contributed by atoms with Gasteiger partial charge in [0, 0.05) is 29.6 Å². The van der Waals surface area contributed by atoms with Crippen LogP contribution in [0.25, 0.3) is 11.1 Å². The third-order valence-electron chi connectivity index (χ3n) is 7.07. The molecule has 0 unspecified atom stereocenters. The van der Waals surface area contributed by atoms with Crippen molar-refractivity contribution in [2.45, 2.75) is 57.8 Å². The van der Waals surface area contributed by atoms with Crippen LogP contribution in [0.2, 0.25) is 0 Å². The van der Waals surface area contributed by atoms with E-state index in [4.69, 9.17) is 0 Å². The number of nitrogens with zero attached hydrogens (tertiary/aromatic N) is 3. The molecule has 1 N–H and O–H groups in total. The van der Waals surface area contributed by atoms with E-state index in [2.05, 4.69) is 15.4 Å². The molecular formula is C30H27F5N4O. The van der Waals surface area contributed by atoms with Crippen LogP contribution in [0.3, 0.4) is 0 Å². The minimum absolute atomic E-state index is 0.00446. The standard InChI is InChI=1S/C30H27F5N4O/c1-17-5-6-21(10-18(17)2)24-4-3-9-36-28(24)26(13-19-11-22(31)14-23(32)12-19)37-27(40)16-39-15-25(20-7-8-20)29(38-39)30(33,34)35/h3-6,9-12,14-15,20,26H,7-8,13,16H2,1-2H3,(H,37,40)/t26-/m0/s1. The smallest absolute Gasteiger partial charge is 0.346 e. The zero-order valence-corrected chi connectivity index (χ0v) is 21.9. The third-order valence-corrected chi connectivity index (χ3v) is 7.07. The van der Waals surface area contributed by atoms with Crippen molar-refractivity contribution in [1.29, 1.82) is 0 Å². The predicted molar refractivity (Wildman–Crippen MR) is 139 cm³/mol. The van der Waals surface area contributed by atoms with E-state index in [1.54, 1.807) is 12.3 Å². The van der Waals surface area contributed by atoms with Gasteiger partial charge in [0.05, 0.1) is 11.7 Å². The third kappa shape index (κ3) is 6.21. The van der Waals surface area contributed by atoms with Gasteiger partial charge in [0.25, 0.3) is 0 Å². The molecule has 1 fully saturated rings. The number of benzene rings is 2. The molecule has 208 valence electrons. The van der Waals surface area contributed by atoms with Crippen molar-refractivity contribution in [3.63, 3.8) is 0 Å². The van der Waals surface area contributed by atoms with Gasteiger partial charge in [-0.3, -0.25) is 14.5 Å².